The number of furan rings is 1. The van der Waals surface area contributed by atoms with E-state index in [1.165, 1.54) is 25.7 Å². The van der Waals surface area contributed by atoms with Gasteiger partial charge >= 0.3 is 5.97 Å². The van der Waals surface area contributed by atoms with Gasteiger partial charge in [-0.3, -0.25) is 4.90 Å². The predicted molar refractivity (Wildman–Crippen MR) is 75.7 cm³/mol. The third kappa shape index (κ3) is 2.49. The fourth-order valence-corrected chi connectivity index (χ4v) is 4.04. The minimum atomic E-state index is -1.00. The van der Waals surface area contributed by atoms with E-state index in [1.807, 2.05) is 0 Å². The van der Waals surface area contributed by atoms with Crippen molar-refractivity contribution in [2.75, 3.05) is 13.6 Å². The minimum Gasteiger partial charge on any atom is -0.475 e. The molecule has 2 aliphatic rings. The molecule has 1 N–H and O–H groups in total. The van der Waals surface area contributed by atoms with Crippen LogP contribution in [0.3, 0.4) is 0 Å². The second-order valence-corrected chi connectivity index (χ2v) is 6.56. The molecule has 2 saturated carbocycles. The van der Waals surface area contributed by atoms with Gasteiger partial charge in [-0.1, -0.05) is 6.42 Å². The summed E-state index contributed by atoms with van der Waals surface area (Å²) >= 11 is 0. The minimum absolute atomic E-state index is 0.0279. The molecule has 1 aromatic rings. The van der Waals surface area contributed by atoms with Gasteiger partial charge in [0.1, 0.15) is 5.76 Å². The van der Waals surface area contributed by atoms with Crippen LogP contribution in [0.4, 0.5) is 0 Å². The summed E-state index contributed by atoms with van der Waals surface area (Å²) in [6.07, 6.45) is 5.64. The molecule has 0 spiro atoms. The number of carboxylic acid groups (broad SMARTS) is 1. The van der Waals surface area contributed by atoms with Crippen LogP contribution in [0.25, 0.3) is 0 Å². The molecule has 20 heavy (non-hydrogen) atoms. The van der Waals surface area contributed by atoms with Crippen LogP contribution in [0.15, 0.2) is 16.5 Å². The topological polar surface area (TPSA) is 53.7 Å². The SMILES string of the molecule is CC(c1ccc(C(=O)O)o1)N(C)CC1CC2CCC1C2. The van der Waals surface area contributed by atoms with E-state index in [-0.39, 0.29) is 11.8 Å². The first-order valence-electron chi connectivity index (χ1n) is 7.58. The van der Waals surface area contributed by atoms with Gasteiger partial charge in [0.15, 0.2) is 0 Å². The molecule has 2 bridgehead atoms. The van der Waals surface area contributed by atoms with Gasteiger partial charge in [-0.15, -0.1) is 0 Å². The number of hydrogen-bond acceptors (Lipinski definition) is 3. The molecule has 1 aromatic heterocycles. The number of rotatable bonds is 5. The molecule has 3 rings (SSSR count). The Kier molecular flexibility index (Phi) is 3.59. The quantitative estimate of drug-likeness (QED) is 0.896. The van der Waals surface area contributed by atoms with E-state index in [4.69, 9.17) is 9.52 Å². The standard InChI is InChI=1S/C16H23NO3/c1-10(14-5-6-15(20-14)16(18)19)17(2)9-13-8-11-3-4-12(13)7-11/h5-6,10-13H,3-4,7-9H2,1-2H3,(H,18,19). The number of hydrogen-bond donors (Lipinski definition) is 1. The summed E-state index contributed by atoms with van der Waals surface area (Å²) in [4.78, 5) is 13.2. The fourth-order valence-electron chi connectivity index (χ4n) is 4.04. The van der Waals surface area contributed by atoms with Crippen molar-refractivity contribution in [3.8, 4) is 0 Å². The highest BCUT2D eigenvalue weighted by Crippen LogP contribution is 2.48. The van der Waals surface area contributed by atoms with E-state index in [0.717, 1.165) is 30.1 Å². The van der Waals surface area contributed by atoms with Crippen molar-refractivity contribution in [2.45, 2.75) is 38.6 Å². The zero-order valence-electron chi connectivity index (χ0n) is 12.2. The number of fused-ring (bicyclic) bond motifs is 2. The van der Waals surface area contributed by atoms with E-state index < -0.39 is 5.97 Å². The third-order valence-corrected chi connectivity index (χ3v) is 5.32. The highest BCUT2D eigenvalue weighted by molar-refractivity contribution is 5.84. The average Bonchev–Trinajstić information content (AvgIpc) is 3.13. The molecule has 2 fully saturated rings. The molecule has 0 amide bonds. The van der Waals surface area contributed by atoms with Crippen LogP contribution in [-0.4, -0.2) is 29.6 Å². The maximum atomic E-state index is 10.9. The number of aromatic carboxylic acids is 1. The maximum absolute atomic E-state index is 10.9. The summed E-state index contributed by atoms with van der Waals surface area (Å²) in [7, 11) is 2.11. The Labute approximate surface area is 119 Å². The predicted octanol–water partition coefficient (Wildman–Crippen LogP) is 3.41. The molecule has 4 nitrogen and oxygen atoms in total. The molecule has 110 valence electrons. The second kappa shape index (κ2) is 5.24. The maximum Gasteiger partial charge on any atom is 0.371 e. The average molecular weight is 277 g/mol. The van der Waals surface area contributed by atoms with Crippen molar-refractivity contribution in [1.82, 2.24) is 4.90 Å². The Bertz CT molecular complexity index is 496. The lowest BCUT2D eigenvalue weighted by Crippen LogP contribution is -2.30. The Morgan fingerprint density at radius 2 is 2.25 bits per heavy atom. The van der Waals surface area contributed by atoms with Gasteiger partial charge in [0.25, 0.3) is 0 Å². The van der Waals surface area contributed by atoms with Crippen molar-refractivity contribution in [3.63, 3.8) is 0 Å². The molecule has 0 aromatic carbocycles. The molecule has 4 unspecified atom stereocenters. The molecule has 1 heterocycles. The van der Waals surface area contributed by atoms with Crippen molar-refractivity contribution in [1.29, 1.82) is 0 Å². The largest absolute Gasteiger partial charge is 0.475 e. The zero-order chi connectivity index (χ0) is 14.3. The Morgan fingerprint density at radius 1 is 1.45 bits per heavy atom. The van der Waals surface area contributed by atoms with Crippen LogP contribution >= 0.6 is 0 Å². The van der Waals surface area contributed by atoms with Crippen molar-refractivity contribution < 1.29 is 14.3 Å². The molecule has 0 aliphatic heterocycles. The van der Waals surface area contributed by atoms with Gasteiger partial charge in [0.05, 0.1) is 6.04 Å². The first-order valence-corrected chi connectivity index (χ1v) is 7.58. The summed E-state index contributed by atoms with van der Waals surface area (Å²) in [6.45, 7) is 3.17. The van der Waals surface area contributed by atoms with Crippen LogP contribution in [0, 0.1) is 17.8 Å². The van der Waals surface area contributed by atoms with Crippen LogP contribution in [0.2, 0.25) is 0 Å². The first-order chi connectivity index (χ1) is 9.54. The van der Waals surface area contributed by atoms with Crippen molar-refractivity contribution in [2.24, 2.45) is 17.8 Å². The van der Waals surface area contributed by atoms with E-state index in [0.29, 0.717) is 0 Å². The number of nitrogens with zero attached hydrogens (tertiary/aromatic N) is 1. The summed E-state index contributed by atoms with van der Waals surface area (Å²) < 4.78 is 5.41. The third-order valence-electron chi connectivity index (χ3n) is 5.32. The van der Waals surface area contributed by atoms with E-state index in [9.17, 15) is 4.79 Å². The van der Waals surface area contributed by atoms with E-state index >= 15 is 0 Å². The number of carbonyl (C=O) groups is 1. The van der Waals surface area contributed by atoms with Gasteiger partial charge in [-0.25, -0.2) is 4.79 Å². The zero-order valence-corrected chi connectivity index (χ0v) is 12.2. The molecule has 2 aliphatic carbocycles. The smallest absolute Gasteiger partial charge is 0.371 e. The summed E-state index contributed by atoms with van der Waals surface area (Å²) in [5.41, 5.74) is 0. The molecule has 4 atom stereocenters. The van der Waals surface area contributed by atoms with Gasteiger partial charge in [-0.2, -0.15) is 0 Å². The highest BCUT2D eigenvalue weighted by atomic mass is 16.4. The Hall–Kier alpha value is -1.29. The van der Waals surface area contributed by atoms with Gasteiger partial charge in [0.2, 0.25) is 5.76 Å². The van der Waals surface area contributed by atoms with Gasteiger partial charge in [0, 0.05) is 6.54 Å². The molecule has 4 heteroatoms. The number of carboxylic acids is 1. The van der Waals surface area contributed by atoms with Crippen LogP contribution < -0.4 is 0 Å². The molecular weight excluding hydrogens is 254 g/mol. The normalized spacial score (nSPS) is 30.1. The van der Waals surface area contributed by atoms with Gasteiger partial charge < -0.3 is 9.52 Å². The molecular formula is C16H23NO3. The Morgan fingerprint density at radius 3 is 2.80 bits per heavy atom. The van der Waals surface area contributed by atoms with Crippen molar-refractivity contribution in [3.05, 3.63) is 23.7 Å². The summed E-state index contributed by atoms with van der Waals surface area (Å²) in [5, 5.41) is 8.91. The monoisotopic (exact) mass is 277 g/mol. The lowest BCUT2D eigenvalue weighted by Gasteiger charge is -2.30. The molecule has 0 saturated heterocycles. The lowest BCUT2D eigenvalue weighted by atomic mass is 9.88. The van der Waals surface area contributed by atoms with Crippen LogP contribution in [0.5, 0.6) is 0 Å². The second-order valence-electron chi connectivity index (χ2n) is 6.56. The first kappa shape index (κ1) is 13.7. The van der Waals surface area contributed by atoms with Gasteiger partial charge in [-0.05, 0) is 63.1 Å². The van der Waals surface area contributed by atoms with E-state index in [1.54, 1.807) is 12.1 Å². The summed E-state index contributed by atoms with van der Waals surface area (Å²) in [5.74, 6) is 2.47. The highest BCUT2D eigenvalue weighted by Gasteiger charge is 2.40. The van der Waals surface area contributed by atoms with Crippen LogP contribution in [-0.2, 0) is 0 Å². The van der Waals surface area contributed by atoms with E-state index in [2.05, 4.69) is 18.9 Å². The van der Waals surface area contributed by atoms with Crippen molar-refractivity contribution >= 4 is 5.97 Å². The Balaban J connectivity index is 1.61. The van der Waals surface area contributed by atoms with Crippen LogP contribution in [0.1, 0.15) is 55.0 Å². The summed E-state index contributed by atoms with van der Waals surface area (Å²) in [6, 6.07) is 3.45. The lowest BCUT2D eigenvalue weighted by molar-refractivity contribution is 0.0655. The molecule has 0 radical (unpaired) electrons. The fraction of sp³-hybridized carbons (Fsp3) is 0.688.